The quantitative estimate of drug-likeness (QED) is 0.659. The Hall–Kier alpha value is -0.530. The van der Waals surface area contributed by atoms with Crippen LogP contribution in [0, 0.1) is 5.92 Å². The normalized spacial score (nSPS) is 9.08. The summed E-state index contributed by atoms with van der Waals surface area (Å²) < 4.78 is 0. The first-order chi connectivity index (χ1) is 6.13. The van der Waals surface area contributed by atoms with Gasteiger partial charge in [-0.05, 0) is 12.3 Å². The predicted octanol–water partition coefficient (Wildman–Crippen LogP) is 2.98. The monoisotopic (exact) mass is 187 g/mol. The Balaban J connectivity index is 0. The number of carbonyl (C=O) groups excluding carboxylic acids is 1. The summed E-state index contributed by atoms with van der Waals surface area (Å²) in [6.07, 6.45) is 3.59. The maximum absolute atomic E-state index is 10.4. The average Bonchev–Trinajstić information content (AvgIpc) is 2.06. The second kappa shape index (κ2) is 11.5. The van der Waals surface area contributed by atoms with Crippen molar-refractivity contribution in [3.63, 3.8) is 0 Å². The van der Waals surface area contributed by atoms with Gasteiger partial charge in [-0.2, -0.15) is 0 Å². The smallest absolute Gasteiger partial charge is 0.216 e. The van der Waals surface area contributed by atoms with Gasteiger partial charge in [-0.3, -0.25) is 4.79 Å². The molecule has 0 unspecified atom stereocenters. The summed E-state index contributed by atoms with van der Waals surface area (Å²) in [5.74, 6) is 0.863. The first-order valence-electron chi connectivity index (χ1n) is 5.37. The van der Waals surface area contributed by atoms with Crippen molar-refractivity contribution in [2.45, 2.75) is 53.9 Å². The molecule has 1 N–H and O–H groups in total. The van der Waals surface area contributed by atoms with E-state index in [2.05, 4.69) is 19.2 Å². The molecule has 0 aromatic carbocycles. The molecule has 0 atom stereocenters. The van der Waals surface area contributed by atoms with Gasteiger partial charge >= 0.3 is 0 Å². The highest BCUT2D eigenvalue weighted by molar-refractivity contribution is 5.72. The highest BCUT2D eigenvalue weighted by Gasteiger charge is 1.94. The van der Waals surface area contributed by atoms with Gasteiger partial charge < -0.3 is 5.32 Å². The largest absolute Gasteiger partial charge is 0.356 e. The van der Waals surface area contributed by atoms with Crippen LogP contribution in [0.2, 0.25) is 0 Å². The van der Waals surface area contributed by atoms with E-state index < -0.39 is 0 Å². The van der Waals surface area contributed by atoms with Crippen molar-refractivity contribution in [2.24, 2.45) is 5.92 Å². The average molecular weight is 187 g/mol. The van der Waals surface area contributed by atoms with Crippen LogP contribution in [0.25, 0.3) is 0 Å². The van der Waals surface area contributed by atoms with Crippen molar-refractivity contribution in [1.82, 2.24) is 5.32 Å². The summed E-state index contributed by atoms with van der Waals surface area (Å²) in [5, 5.41) is 2.78. The summed E-state index contributed by atoms with van der Waals surface area (Å²) in [6.45, 7) is 10.8. The minimum atomic E-state index is 0.0783. The van der Waals surface area contributed by atoms with E-state index in [0.717, 1.165) is 18.9 Å². The zero-order chi connectivity index (χ0) is 10.7. The Kier molecular flexibility index (Phi) is 13.2. The molecule has 0 aromatic heterocycles. The van der Waals surface area contributed by atoms with E-state index in [9.17, 15) is 4.79 Å². The van der Waals surface area contributed by atoms with E-state index in [1.165, 1.54) is 12.8 Å². The molecular formula is C11H25NO. The van der Waals surface area contributed by atoms with E-state index in [-0.39, 0.29) is 5.91 Å². The van der Waals surface area contributed by atoms with Crippen LogP contribution in [-0.2, 0) is 4.79 Å². The fourth-order valence-corrected chi connectivity index (χ4v) is 0.942. The zero-order valence-electron chi connectivity index (χ0n) is 9.81. The van der Waals surface area contributed by atoms with Crippen molar-refractivity contribution in [3.05, 3.63) is 0 Å². The number of hydrogen-bond acceptors (Lipinski definition) is 1. The molecule has 0 saturated heterocycles. The van der Waals surface area contributed by atoms with E-state index in [4.69, 9.17) is 0 Å². The molecule has 0 spiro atoms. The lowest BCUT2D eigenvalue weighted by molar-refractivity contribution is -0.118. The van der Waals surface area contributed by atoms with Gasteiger partial charge in [0, 0.05) is 13.5 Å². The molecule has 0 bridgehead atoms. The van der Waals surface area contributed by atoms with E-state index in [0.29, 0.717) is 0 Å². The minimum Gasteiger partial charge on any atom is -0.356 e. The minimum absolute atomic E-state index is 0.0783. The van der Waals surface area contributed by atoms with Crippen LogP contribution in [0.4, 0.5) is 0 Å². The van der Waals surface area contributed by atoms with Crippen LogP contribution in [0.1, 0.15) is 53.9 Å². The van der Waals surface area contributed by atoms with Crippen LogP contribution >= 0.6 is 0 Å². The summed E-state index contributed by atoms with van der Waals surface area (Å²) in [7, 11) is 0. The Morgan fingerprint density at radius 2 is 1.77 bits per heavy atom. The van der Waals surface area contributed by atoms with Gasteiger partial charge in [0.1, 0.15) is 0 Å². The summed E-state index contributed by atoms with van der Waals surface area (Å²) >= 11 is 0. The van der Waals surface area contributed by atoms with Crippen LogP contribution in [-0.4, -0.2) is 12.5 Å². The number of unbranched alkanes of at least 4 members (excludes halogenated alkanes) is 1. The van der Waals surface area contributed by atoms with E-state index in [1.807, 2.05) is 13.8 Å². The van der Waals surface area contributed by atoms with Gasteiger partial charge in [-0.15, -0.1) is 0 Å². The highest BCUT2D eigenvalue weighted by atomic mass is 16.1. The molecular weight excluding hydrogens is 162 g/mol. The van der Waals surface area contributed by atoms with Crippen LogP contribution < -0.4 is 5.32 Å². The first-order valence-corrected chi connectivity index (χ1v) is 5.37. The molecule has 0 fully saturated rings. The van der Waals surface area contributed by atoms with Crippen LogP contribution in [0.5, 0.6) is 0 Å². The van der Waals surface area contributed by atoms with Crippen LogP contribution in [0.3, 0.4) is 0 Å². The molecule has 0 aliphatic heterocycles. The highest BCUT2D eigenvalue weighted by Crippen LogP contribution is 2.04. The number of amides is 1. The van der Waals surface area contributed by atoms with Gasteiger partial charge in [0.05, 0.1) is 0 Å². The van der Waals surface area contributed by atoms with Gasteiger partial charge in [-0.1, -0.05) is 40.5 Å². The Labute approximate surface area is 83.1 Å². The summed E-state index contributed by atoms with van der Waals surface area (Å²) in [6, 6.07) is 0. The maximum atomic E-state index is 10.4. The maximum Gasteiger partial charge on any atom is 0.216 e. The Bertz CT molecular complexity index is 111. The molecule has 1 amide bonds. The molecule has 0 aliphatic carbocycles. The number of rotatable bonds is 5. The lowest BCUT2D eigenvalue weighted by Crippen LogP contribution is -2.20. The topological polar surface area (TPSA) is 29.1 Å². The zero-order valence-corrected chi connectivity index (χ0v) is 9.81. The second-order valence-corrected chi connectivity index (χ2v) is 3.37. The number of carbonyl (C=O) groups is 1. The second-order valence-electron chi connectivity index (χ2n) is 3.37. The lowest BCUT2D eigenvalue weighted by Gasteiger charge is -2.04. The standard InChI is InChI=1S/C9H19NO.C2H6/c1-8(2)6-4-5-7-10-9(3)11;1-2/h8H,4-7H2,1-3H3,(H,10,11);1-2H3. The third-order valence-electron chi connectivity index (χ3n) is 1.58. The fraction of sp³-hybridized carbons (Fsp3) is 0.909. The van der Waals surface area contributed by atoms with E-state index >= 15 is 0 Å². The molecule has 0 rings (SSSR count). The molecule has 2 heteroatoms. The molecule has 13 heavy (non-hydrogen) atoms. The molecule has 0 aromatic rings. The number of hydrogen-bond donors (Lipinski definition) is 1. The van der Waals surface area contributed by atoms with Crippen molar-refractivity contribution in [1.29, 1.82) is 0 Å². The van der Waals surface area contributed by atoms with Gasteiger partial charge in [0.2, 0.25) is 5.91 Å². The lowest BCUT2D eigenvalue weighted by atomic mass is 10.1. The first kappa shape index (κ1) is 15.0. The van der Waals surface area contributed by atoms with Crippen molar-refractivity contribution in [2.75, 3.05) is 6.54 Å². The molecule has 0 saturated carbocycles. The third kappa shape index (κ3) is 18.4. The molecule has 0 heterocycles. The van der Waals surface area contributed by atoms with Gasteiger partial charge in [0.25, 0.3) is 0 Å². The molecule has 2 nitrogen and oxygen atoms in total. The molecule has 0 aliphatic rings. The van der Waals surface area contributed by atoms with E-state index in [1.54, 1.807) is 6.92 Å². The fourth-order valence-electron chi connectivity index (χ4n) is 0.942. The molecule has 80 valence electrons. The summed E-state index contributed by atoms with van der Waals surface area (Å²) in [5.41, 5.74) is 0. The van der Waals surface area contributed by atoms with Crippen molar-refractivity contribution >= 4 is 5.91 Å². The van der Waals surface area contributed by atoms with Crippen LogP contribution in [0.15, 0.2) is 0 Å². The molecule has 0 radical (unpaired) electrons. The van der Waals surface area contributed by atoms with Gasteiger partial charge in [-0.25, -0.2) is 0 Å². The Morgan fingerprint density at radius 3 is 2.15 bits per heavy atom. The number of nitrogens with one attached hydrogen (secondary N) is 1. The van der Waals surface area contributed by atoms with Crippen molar-refractivity contribution in [3.8, 4) is 0 Å². The SMILES string of the molecule is CC.CC(=O)NCCCCC(C)C. The van der Waals surface area contributed by atoms with Gasteiger partial charge in [0.15, 0.2) is 0 Å². The summed E-state index contributed by atoms with van der Waals surface area (Å²) in [4.78, 5) is 10.4. The third-order valence-corrected chi connectivity index (χ3v) is 1.58. The van der Waals surface area contributed by atoms with Crippen molar-refractivity contribution < 1.29 is 4.79 Å². The Morgan fingerprint density at radius 1 is 1.23 bits per heavy atom. The predicted molar refractivity (Wildman–Crippen MR) is 58.7 cm³/mol.